The summed E-state index contributed by atoms with van der Waals surface area (Å²) in [5.41, 5.74) is 4.66. The van der Waals surface area contributed by atoms with E-state index in [-0.39, 0.29) is 5.17 Å². The summed E-state index contributed by atoms with van der Waals surface area (Å²) in [7, 11) is 0. The average Bonchev–Trinajstić information content (AvgIpc) is 1.85. The van der Waals surface area contributed by atoms with Crippen LogP contribution in [0.4, 0.5) is 4.79 Å². The molecule has 5 N–H and O–H groups in total. The van der Waals surface area contributed by atoms with E-state index in [0.29, 0.717) is 11.9 Å². The van der Waals surface area contributed by atoms with Gasteiger partial charge in [0.1, 0.15) is 0 Å². The summed E-state index contributed by atoms with van der Waals surface area (Å²) in [6, 6.07) is -0.755. The van der Waals surface area contributed by atoms with Gasteiger partial charge in [0.05, 0.1) is 0 Å². The van der Waals surface area contributed by atoms with Crippen LogP contribution < -0.4 is 15.8 Å². The normalized spacial score (nSPS) is 7.50. The number of nitriles is 1. The van der Waals surface area contributed by atoms with Gasteiger partial charge < -0.3 is 5.73 Å². The summed E-state index contributed by atoms with van der Waals surface area (Å²) < 4.78 is 2.05. The Hall–Kier alpha value is -1.42. The van der Waals surface area contributed by atoms with E-state index in [1.807, 2.05) is 10.0 Å². The van der Waals surface area contributed by atoms with E-state index < -0.39 is 6.03 Å². The number of amidine groups is 1. The lowest BCUT2D eigenvalue weighted by atomic mass is 11.1. The summed E-state index contributed by atoms with van der Waals surface area (Å²) in [4.78, 5) is 9.99. The predicted octanol–water partition coefficient (Wildman–Crippen LogP) is -0.692. The Balaban J connectivity index is 3.42. The SMILES string of the molecule is N#CNC(=N)SNC(N)=O. The van der Waals surface area contributed by atoms with Crippen LogP contribution in [0.3, 0.4) is 0 Å². The fourth-order valence-corrected chi connectivity index (χ4v) is 0.477. The first-order valence-electron chi connectivity index (χ1n) is 2.12. The van der Waals surface area contributed by atoms with Crippen LogP contribution in [0.5, 0.6) is 0 Å². The largest absolute Gasteiger partial charge is 0.351 e. The summed E-state index contributed by atoms with van der Waals surface area (Å²) in [6.07, 6.45) is 1.50. The van der Waals surface area contributed by atoms with Crippen LogP contribution in [-0.2, 0) is 0 Å². The molecule has 7 heteroatoms. The van der Waals surface area contributed by atoms with Crippen molar-refractivity contribution in [1.29, 1.82) is 10.7 Å². The smallest absolute Gasteiger partial charge is 0.322 e. The second kappa shape index (κ2) is 4.46. The van der Waals surface area contributed by atoms with Crippen LogP contribution in [0.25, 0.3) is 0 Å². The Morgan fingerprint density at radius 3 is 2.80 bits per heavy atom. The molecule has 0 aliphatic carbocycles. The van der Waals surface area contributed by atoms with Gasteiger partial charge in [-0.3, -0.25) is 15.4 Å². The molecule has 0 aromatic heterocycles. The first-order valence-corrected chi connectivity index (χ1v) is 2.94. The zero-order valence-electron chi connectivity index (χ0n) is 4.84. The molecule has 0 aliphatic heterocycles. The molecule has 6 nitrogen and oxygen atoms in total. The Bertz CT molecular complexity index is 184. The van der Waals surface area contributed by atoms with Crippen LogP contribution in [0.1, 0.15) is 0 Å². The van der Waals surface area contributed by atoms with Crippen molar-refractivity contribution in [2.24, 2.45) is 5.73 Å². The Morgan fingerprint density at radius 2 is 2.40 bits per heavy atom. The van der Waals surface area contributed by atoms with Gasteiger partial charge in [0.2, 0.25) is 0 Å². The third kappa shape index (κ3) is 4.73. The number of primary amides is 1. The van der Waals surface area contributed by atoms with E-state index >= 15 is 0 Å². The second-order valence-electron chi connectivity index (χ2n) is 1.13. The zero-order chi connectivity index (χ0) is 7.98. The number of nitrogens with one attached hydrogen (secondary N) is 3. The van der Waals surface area contributed by atoms with E-state index in [9.17, 15) is 4.79 Å². The maximum atomic E-state index is 9.99. The monoisotopic (exact) mass is 159 g/mol. The lowest BCUT2D eigenvalue weighted by molar-refractivity contribution is 0.254. The maximum Gasteiger partial charge on any atom is 0.322 e. The fourth-order valence-electron chi connectivity index (χ4n) is 0.178. The number of urea groups is 1. The Morgan fingerprint density at radius 1 is 1.80 bits per heavy atom. The predicted molar refractivity (Wildman–Crippen MR) is 36.8 cm³/mol. The van der Waals surface area contributed by atoms with Crippen molar-refractivity contribution in [3.8, 4) is 6.19 Å². The molecule has 0 saturated carbocycles. The van der Waals surface area contributed by atoms with E-state index in [4.69, 9.17) is 10.7 Å². The van der Waals surface area contributed by atoms with Crippen LogP contribution in [0.15, 0.2) is 0 Å². The Kier molecular flexibility index (Phi) is 3.83. The molecule has 0 saturated heterocycles. The molecule has 0 bridgehead atoms. The van der Waals surface area contributed by atoms with Crippen molar-refractivity contribution in [3.63, 3.8) is 0 Å². The summed E-state index contributed by atoms with van der Waals surface area (Å²) in [6.45, 7) is 0. The average molecular weight is 159 g/mol. The van der Waals surface area contributed by atoms with Crippen LogP contribution in [0, 0.1) is 16.9 Å². The van der Waals surface area contributed by atoms with Crippen molar-refractivity contribution in [1.82, 2.24) is 10.0 Å². The Labute approximate surface area is 61.4 Å². The summed E-state index contributed by atoms with van der Waals surface area (Å²) in [5.74, 6) is 0. The van der Waals surface area contributed by atoms with Crippen LogP contribution >= 0.6 is 11.9 Å². The third-order valence-corrected chi connectivity index (χ3v) is 1.03. The van der Waals surface area contributed by atoms with E-state index in [1.165, 1.54) is 6.19 Å². The molecule has 0 aliphatic rings. The third-order valence-electron chi connectivity index (χ3n) is 0.423. The van der Waals surface area contributed by atoms with Crippen molar-refractivity contribution in [2.75, 3.05) is 0 Å². The van der Waals surface area contributed by atoms with E-state index in [2.05, 4.69) is 5.73 Å². The van der Waals surface area contributed by atoms with E-state index in [1.54, 1.807) is 0 Å². The van der Waals surface area contributed by atoms with Gasteiger partial charge in [-0.25, -0.2) is 4.79 Å². The minimum Gasteiger partial charge on any atom is -0.351 e. The number of hydrogen-bond acceptors (Lipinski definition) is 4. The molecule has 0 fully saturated rings. The molecule has 54 valence electrons. The highest BCUT2D eigenvalue weighted by molar-refractivity contribution is 8.12. The number of hydrogen-bond donors (Lipinski definition) is 4. The van der Waals surface area contributed by atoms with Gasteiger partial charge >= 0.3 is 6.03 Å². The van der Waals surface area contributed by atoms with Gasteiger partial charge in [0, 0.05) is 11.9 Å². The summed E-state index contributed by atoms with van der Waals surface area (Å²) in [5, 5.41) is 16.6. The first kappa shape index (κ1) is 8.58. The van der Waals surface area contributed by atoms with Gasteiger partial charge in [0.25, 0.3) is 0 Å². The molecular formula is C3H5N5OS. The van der Waals surface area contributed by atoms with Gasteiger partial charge in [-0.15, -0.1) is 0 Å². The molecule has 0 spiro atoms. The number of amides is 2. The lowest BCUT2D eigenvalue weighted by Gasteiger charge is -1.97. The zero-order valence-corrected chi connectivity index (χ0v) is 5.66. The molecule has 0 heterocycles. The quantitative estimate of drug-likeness (QED) is 0.123. The molecule has 10 heavy (non-hydrogen) atoms. The number of carbonyl (C=O) groups is 1. The molecule has 0 aromatic rings. The first-order chi connectivity index (χ1) is 4.66. The fraction of sp³-hybridized carbons (Fsp3) is 0. The van der Waals surface area contributed by atoms with Crippen molar-refractivity contribution >= 4 is 23.1 Å². The number of nitrogens with zero attached hydrogens (tertiary/aromatic N) is 1. The van der Waals surface area contributed by atoms with Crippen molar-refractivity contribution in [2.45, 2.75) is 0 Å². The lowest BCUT2D eigenvalue weighted by Crippen LogP contribution is -2.27. The van der Waals surface area contributed by atoms with Crippen LogP contribution in [0.2, 0.25) is 0 Å². The number of nitrogens with two attached hydrogens (primary N) is 1. The summed E-state index contributed by atoms with van der Waals surface area (Å²) >= 11 is 0.634. The highest BCUT2D eigenvalue weighted by Gasteiger charge is 1.96. The van der Waals surface area contributed by atoms with Gasteiger partial charge in [-0.05, 0) is 0 Å². The van der Waals surface area contributed by atoms with Crippen molar-refractivity contribution in [3.05, 3.63) is 0 Å². The molecule has 0 atom stereocenters. The minimum atomic E-state index is -0.755. The second-order valence-corrected chi connectivity index (χ2v) is 1.95. The maximum absolute atomic E-state index is 9.99. The molecule has 0 rings (SSSR count). The molecule has 0 radical (unpaired) electrons. The molecule has 0 aromatic carbocycles. The number of rotatable bonds is 0. The molecule has 0 unspecified atom stereocenters. The highest BCUT2D eigenvalue weighted by atomic mass is 32.2. The molecule has 2 amide bonds. The van der Waals surface area contributed by atoms with Crippen molar-refractivity contribution < 1.29 is 4.79 Å². The van der Waals surface area contributed by atoms with Gasteiger partial charge in [0.15, 0.2) is 11.4 Å². The van der Waals surface area contributed by atoms with Gasteiger partial charge in [-0.1, -0.05) is 0 Å². The van der Waals surface area contributed by atoms with Gasteiger partial charge in [-0.2, -0.15) is 5.26 Å². The van der Waals surface area contributed by atoms with E-state index in [0.717, 1.165) is 0 Å². The van der Waals surface area contributed by atoms with Crippen LogP contribution in [-0.4, -0.2) is 11.2 Å². The highest BCUT2D eigenvalue weighted by Crippen LogP contribution is 1.89. The number of carbonyl (C=O) groups excluding carboxylic acids is 1. The minimum absolute atomic E-state index is 0.179. The standard InChI is InChI=1S/C3H5N5OS/c4-1-7-3(6)10-8-2(5)9/h(H2,6,7)(H3,5,8,9). The topological polar surface area (TPSA) is 115 Å². The molecular weight excluding hydrogens is 154 g/mol.